The Kier molecular flexibility index (Phi) is 1.77. The molecule has 1 aliphatic rings. The Morgan fingerprint density at radius 1 is 1.64 bits per heavy atom. The Hall–Kier alpha value is -1.17. The number of nitroso groups, excluding NO2 is 1. The smallest absolute Gasteiger partial charge is 0.358 e. The van der Waals surface area contributed by atoms with Crippen LogP contribution in [-0.2, 0) is 4.79 Å². The third kappa shape index (κ3) is 1.05. The summed E-state index contributed by atoms with van der Waals surface area (Å²) in [4.78, 5) is 20.4. The molecule has 1 fully saturated rings. The summed E-state index contributed by atoms with van der Waals surface area (Å²) >= 11 is 0. The summed E-state index contributed by atoms with van der Waals surface area (Å²) < 4.78 is 0. The van der Waals surface area contributed by atoms with Crippen LogP contribution in [-0.4, -0.2) is 33.5 Å². The van der Waals surface area contributed by atoms with Gasteiger partial charge in [-0.25, -0.2) is 9.80 Å². The van der Waals surface area contributed by atoms with Gasteiger partial charge in [0, 0.05) is 13.0 Å². The lowest BCUT2D eigenvalue weighted by molar-refractivity contribution is -0.176. The van der Waals surface area contributed by atoms with E-state index in [2.05, 4.69) is 5.29 Å². The van der Waals surface area contributed by atoms with Gasteiger partial charge in [0.1, 0.15) is 0 Å². The Morgan fingerprint density at radius 3 is 2.64 bits per heavy atom. The number of hydrogen-bond donors (Lipinski definition) is 2. The lowest BCUT2D eigenvalue weighted by Gasteiger charge is -2.22. The first-order valence-corrected chi connectivity index (χ1v) is 3.18. The van der Waals surface area contributed by atoms with E-state index in [4.69, 9.17) is 5.11 Å². The molecule has 0 unspecified atom stereocenters. The Bertz CT molecular complexity index is 195. The molecule has 6 heteroatoms. The third-order valence-electron chi connectivity index (χ3n) is 1.76. The van der Waals surface area contributed by atoms with Crippen molar-refractivity contribution in [1.82, 2.24) is 5.01 Å². The second-order valence-corrected chi connectivity index (χ2v) is 2.43. The summed E-state index contributed by atoms with van der Waals surface area (Å²) in [6, 6.07) is 0. The average Bonchev–Trinajstić information content (AvgIpc) is 2.32. The van der Waals surface area contributed by atoms with Crippen molar-refractivity contribution >= 4 is 5.97 Å². The van der Waals surface area contributed by atoms with Crippen molar-refractivity contribution in [3.05, 3.63) is 4.91 Å². The van der Waals surface area contributed by atoms with E-state index in [9.17, 15) is 14.8 Å². The van der Waals surface area contributed by atoms with Crippen molar-refractivity contribution in [3.63, 3.8) is 0 Å². The number of rotatable bonds is 2. The minimum absolute atomic E-state index is 0.0497. The van der Waals surface area contributed by atoms with Crippen LogP contribution in [0.1, 0.15) is 12.8 Å². The maximum Gasteiger partial charge on any atom is 0.358 e. The van der Waals surface area contributed by atoms with Crippen LogP contribution in [0.25, 0.3) is 0 Å². The number of aliphatic hydroxyl groups is 1. The van der Waals surface area contributed by atoms with Crippen molar-refractivity contribution in [2.24, 2.45) is 5.29 Å². The number of hydrogen-bond acceptors (Lipinski definition) is 4. The van der Waals surface area contributed by atoms with E-state index in [0.717, 1.165) is 0 Å². The zero-order valence-electron chi connectivity index (χ0n) is 5.73. The molecule has 0 aromatic carbocycles. The van der Waals surface area contributed by atoms with E-state index in [1.807, 2.05) is 0 Å². The van der Waals surface area contributed by atoms with E-state index in [1.165, 1.54) is 0 Å². The zero-order valence-corrected chi connectivity index (χ0v) is 5.73. The van der Waals surface area contributed by atoms with Crippen LogP contribution in [0.3, 0.4) is 0 Å². The molecule has 6 nitrogen and oxygen atoms in total. The van der Waals surface area contributed by atoms with Gasteiger partial charge in [-0.2, -0.15) is 0 Å². The van der Waals surface area contributed by atoms with Crippen molar-refractivity contribution in [2.45, 2.75) is 18.6 Å². The molecule has 0 bridgehead atoms. The Morgan fingerprint density at radius 2 is 2.27 bits per heavy atom. The molecule has 0 saturated carbocycles. The second-order valence-electron chi connectivity index (χ2n) is 2.43. The monoisotopic (exact) mass is 160 g/mol. The predicted molar refractivity (Wildman–Crippen MR) is 34.3 cm³/mol. The molecule has 1 rings (SSSR count). The molecule has 1 atom stereocenters. The Balaban J connectivity index is 2.83. The lowest BCUT2D eigenvalue weighted by Crippen LogP contribution is -2.47. The highest BCUT2D eigenvalue weighted by atomic mass is 16.4. The number of aliphatic carboxylic acids is 1. The first kappa shape index (κ1) is 7.93. The molecule has 1 heterocycles. The molecule has 11 heavy (non-hydrogen) atoms. The number of carbonyl (C=O) groups is 1. The molecule has 1 aliphatic heterocycles. The molecule has 0 aliphatic carbocycles. The van der Waals surface area contributed by atoms with Crippen LogP contribution in [0, 0.1) is 4.91 Å². The average molecular weight is 160 g/mol. The van der Waals surface area contributed by atoms with Gasteiger partial charge in [0.15, 0.2) is 0 Å². The third-order valence-corrected chi connectivity index (χ3v) is 1.76. The predicted octanol–water partition coefficient (Wildman–Crippen LogP) is -0.463. The van der Waals surface area contributed by atoms with E-state index >= 15 is 0 Å². The minimum Gasteiger partial charge on any atom is -0.478 e. The van der Waals surface area contributed by atoms with Gasteiger partial charge in [-0.1, -0.05) is 0 Å². The largest absolute Gasteiger partial charge is 0.478 e. The first-order valence-electron chi connectivity index (χ1n) is 3.18. The van der Waals surface area contributed by atoms with Crippen LogP contribution >= 0.6 is 0 Å². The van der Waals surface area contributed by atoms with Crippen molar-refractivity contribution < 1.29 is 15.0 Å². The highest BCUT2D eigenvalue weighted by Crippen LogP contribution is 2.26. The molecule has 0 spiro atoms. The highest BCUT2D eigenvalue weighted by Gasteiger charge is 2.47. The van der Waals surface area contributed by atoms with Gasteiger partial charge < -0.3 is 10.2 Å². The quantitative estimate of drug-likeness (QED) is 0.533. The standard InChI is InChI=1S/C5H8N2O4/c8-4(9)5(10)2-1-3-7(5)6-11/h10H,1-3H2,(H,8,9)/t5-/m1/s1. The van der Waals surface area contributed by atoms with Crippen LogP contribution in [0.5, 0.6) is 0 Å². The van der Waals surface area contributed by atoms with Crippen molar-refractivity contribution in [3.8, 4) is 0 Å². The van der Waals surface area contributed by atoms with Crippen LogP contribution < -0.4 is 0 Å². The second kappa shape index (κ2) is 2.46. The zero-order chi connectivity index (χ0) is 8.48. The summed E-state index contributed by atoms with van der Waals surface area (Å²) in [7, 11) is 0. The van der Waals surface area contributed by atoms with E-state index in [0.29, 0.717) is 11.4 Å². The minimum atomic E-state index is -2.07. The molecule has 0 amide bonds. The van der Waals surface area contributed by atoms with Crippen molar-refractivity contribution in [1.29, 1.82) is 0 Å². The fourth-order valence-corrected chi connectivity index (χ4v) is 1.12. The highest BCUT2D eigenvalue weighted by molar-refractivity contribution is 5.76. The summed E-state index contributed by atoms with van der Waals surface area (Å²) in [6.45, 7) is 0.201. The van der Waals surface area contributed by atoms with Gasteiger partial charge in [0.2, 0.25) is 0 Å². The van der Waals surface area contributed by atoms with E-state index < -0.39 is 11.7 Å². The van der Waals surface area contributed by atoms with Gasteiger partial charge in [0.25, 0.3) is 5.72 Å². The molecule has 62 valence electrons. The SMILES string of the molecule is O=NN1CCC[C@@]1(O)C(=O)O. The van der Waals surface area contributed by atoms with Crippen LogP contribution in [0.2, 0.25) is 0 Å². The molecule has 0 radical (unpaired) electrons. The van der Waals surface area contributed by atoms with Crippen molar-refractivity contribution in [2.75, 3.05) is 6.54 Å². The normalized spacial score (nSPS) is 30.5. The van der Waals surface area contributed by atoms with Crippen LogP contribution in [0.4, 0.5) is 0 Å². The van der Waals surface area contributed by atoms with Gasteiger partial charge in [0.05, 0.1) is 5.29 Å². The maximum absolute atomic E-state index is 10.4. The first-order chi connectivity index (χ1) is 5.11. The maximum atomic E-state index is 10.4. The summed E-state index contributed by atoms with van der Waals surface area (Å²) in [6.07, 6.45) is 0.516. The molecule has 0 aromatic rings. The summed E-state index contributed by atoms with van der Waals surface area (Å²) in [5.41, 5.74) is -2.07. The van der Waals surface area contributed by atoms with Gasteiger partial charge in [-0.3, -0.25) is 0 Å². The lowest BCUT2D eigenvalue weighted by atomic mass is 10.2. The molecule has 0 aromatic heterocycles. The summed E-state index contributed by atoms with van der Waals surface area (Å²) in [5, 5.41) is 20.8. The number of carboxylic acids is 1. The molecule has 2 N–H and O–H groups in total. The van der Waals surface area contributed by atoms with Gasteiger partial charge in [-0.15, -0.1) is 4.91 Å². The Labute approximate surface area is 62.4 Å². The van der Waals surface area contributed by atoms with E-state index in [1.54, 1.807) is 0 Å². The summed E-state index contributed by atoms with van der Waals surface area (Å²) in [5.74, 6) is -1.42. The van der Waals surface area contributed by atoms with E-state index in [-0.39, 0.29) is 13.0 Å². The van der Waals surface area contributed by atoms with Gasteiger partial charge >= 0.3 is 5.97 Å². The number of nitrogens with zero attached hydrogens (tertiary/aromatic N) is 2. The number of carboxylic acid groups (broad SMARTS) is 1. The fourth-order valence-electron chi connectivity index (χ4n) is 1.12. The molecular formula is C5H8N2O4. The molecule has 1 saturated heterocycles. The fraction of sp³-hybridized carbons (Fsp3) is 0.800. The van der Waals surface area contributed by atoms with Crippen LogP contribution in [0.15, 0.2) is 5.29 Å². The topological polar surface area (TPSA) is 90.2 Å². The van der Waals surface area contributed by atoms with Gasteiger partial charge in [-0.05, 0) is 6.42 Å². The molecular weight excluding hydrogens is 152 g/mol.